The number of hydrogen-bond acceptors (Lipinski definition) is 4. The lowest BCUT2D eigenvalue weighted by Crippen LogP contribution is -2.09. The molecule has 128 valence electrons. The fourth-order valence-corrected chi connectivity index (χ4v) is 2.50. The molecule has 25 heavy (non-hydrogen) atoms. The number of aryl methyl sites for hydroxylation is 1. The van der Waals surface area contributed by atoms with Crippen molar-refractivity contribution >= 4 is 17.5 Å². The zero-order chi connectivity index (χ0) is 17.5. The molecule has 4 nitrogen and oxygen atoms in total. The number of halogens is 1. The topological polar surface area (TPSA) is 49.8 Å². The van der Waals surface area contributed by atoms with E-state index < -0.39 is 0 Å². The van der Waals surface area contributed by atoms with Crippen molar-refractivity contribution < 1.29 is 4.39 Å². The molecule has 2 N–H and O–H groups in total. The molecule has 0 radical (unpaired) electrons. The molecule has 0 atom stereocenters. The van der Waals surface area contributed by atoms with Gasteiger partial charge in [-0.3, -0.25) is 0 Å². The Morgan fingerprint density at radius 2 is 1.80 bits per heavy atom. The predicted octanol–water partition coefficient (Wildman–Crippen LogP) is 4.58. The van der Waals surface area contributed by atoms with E-state index in [1.54, 1.807) is 18.3 Å². The van der Waals surface area contributed by atoms with Gasteiger partial charge in [-0.1, -0.05) is 37.3 Å². The molecular formula is C20H21FN4. The fraction of sp³-hybridized carbons (Fsp3) is 0.200. The normalized spacial score (nSPS) is 10.5. The fourth-order valence-electron chi connectivity index (χ4n) is 2.50. The van der Waals surface area contributed by atoms with E-state index in [4.69, 9.17) is 0 Å². The molecule has 2 aromatic carbocycles. The lowest BCUT2D eigenvalue weighted by atomic mass is 10.1. The highest BCUT2D eigenvalue weighted by molar-refractivity contribution is 5.57. The van der Waals surface area contributed by atoms with Gasteiger partial charge in [-0.05, 0) is 48.2 Å². The van der Waals surface area contributed by atoms with E-state index in [1.807, 2.05) is 24.3 Å². The zero-order valence-corrected chi connectivity index (χ0v) is 14.2. The Morgan fingerprint density at radius 1 is 1.00 bits per heavy atom. The molecule has 0 spiro atoms. The summed E-state index contributed by atoms with van der Waals surface area (Å²) in [5, 5.41) is 6.40. The molecule has 3 rings (SSSR count). The van der Waals surface area contributed by atoms with Gasteiger partial charge in [-0.25, -0.2) is 9.37 Å². The molecule has 0 aliphatic heterocycles. The molecule has 0 bridgehead atoms. The summed E-state index contributed by atoms with van der Waals surface area (Å²) < 4.78 is 13.6. The maximum atomic E-state index is 13.6. The third kappa shape index (κ3) is 4.76. The average molecular weight is 336 g/mol. The second-order valence-electron chi connectivity index (χ2n) is 5.71. The molecular weight excluding hydrogens is 315 g/mol. The number of benzene rings is 2. The molecule has 0 fully saturated rings. The van der Waals surface area contributed by atoms with E-state index in [1.165, 1.54) is 11.6 Å². The number of aromatic nitrogens is 2. The highest BCUT2D eigenvalue weighted by atomic mass is 19.1. The van der Waals surface area contributed by atoms with Gasteiger partial charge in [0, 0.05) is 18.4 Å². The van der Waals surface area contributed by atoms with Gasteiger partial charge in [0.15, 0.2) is 0 Å². The van der Waals surface area contributed by atoms with Gasteiger partial charge in [-0.2, -0.15) is 4.98 Å². The summed E-state index contributed by atoms with van der Waals surface area (Å²) in [6, 6.07) is 16.9. The highest BCUT2D eigenvalue weighted by Crippen LogP contribution is 2.16. The van der Waals surface area contributed by atoms with Crippen LogP contribution < -0.4 is 10.6 Å². The number of anilines is 3. The Morgan fingerprint density at radius 3 is 2.56 bits per heavy atom. The molecule has 0 amide bonds. The molecule has 0 saturated heterocycles. The lowest BCUT2D eigenvalue weighted by molar-refractivity contribution is 0.610. The predicted molar refractivity (Wildman–Crippen MR) is 99.7 cm³/mol. The van der Waals surface area contributed by atoms with Crippen LogP contribution in [0.5, 0.6) is 0 Å². The minimum atomic E-state index is -0.184. The van der Waals surface area contributed by atoms with Crippen LogP contribution in [0, 0.1) is 5.82 Å². The van der Waals surface area contributed by atoms with Gasteiger partial charge < -0.3 is 10.6 Å². The van der Waals surface area contributed by atoms with Gasteiger partial charge in [0.05, 0.1) is 0 Å². The van der Waals surface area contributed by atoms with Crippen LogP contribution in [0.25, 0.3) is 0 Å². The van der Waals surface area contributed by atoms with Crippen LogP contribution >= 0.6 is 0 Å². The molecule has 0 aliphatic carbocycles. The molecule has 0 unspecified atom stereocenters. The minimum Gasteiger partial charge on any atom is -0.354 e. The number of nitrogens with zero attached hydrogens (tertiary/aromatic N) is 2. The third-order valence-corrected chi connectivity index (χ3v) is 3.93. The number of hydrogen-bond donors (Lipinski definition) is 2. The van der Waals surface area contributed by atoms with Crippen LogP contribution in [-0.4, -0.2) is 16.5 Å². The van der Waals surface area contributed by atoms with Gasteiger partial charge in [0.2, 0.25) is 5.95 Å². The van der Waals surface area contributed by atoms with E-state index in [9.17, 15) is 4.39 Å². The van der Waals surface area contributed by atoms with Crippen molar-refractivity contribution in [1.29, 1.82) is 0 Å². The van der Waals surface area contributed by atoms with Gasteiger partial charge in [-0.15, -0.1) is 0 Å². The Kier molecular flexibility index (Phi) is 5.57. The Labute approximate surface area is 147 Å². The SMILES string of the molecule is CCc1ccc(Nc2ccnc(NCCc3ccccc3F)n2)cc1. The zero-order valence-electron chi connectivity index (χ0n) is 14.2. The first-order chi connectivity index (χ1) is 12.2. The second kappa shape index (κ2) is 8.24. The standard InChI is InChI=1S/C20H21FN4/c1-2-15-7-9-17(10-8-15)24-19-12-14-23-20(25-19)22-13-11-16-5-3-4-6-18(16)21/h3-10,12,14H,2,11,13H2,1H3,(H2,22,23,24,25). The summed E-state index contributed by atoms with van der Waals surface area (Å²) in [6.45, 7) is 2.70. The summed E-state index contributed by atoms with van der Waals surface area (Å²) in [6.07, 6.45) is 3.29. The Bertz CT molecular complexity index is 818. The maximum Gasteiger partial charge on any atom is 0.224 e. The largest absolute Gasteiger partial charge is 0.354 e. The summed E-state index contributed by atoms with van der Waals surface area (Å²) >= 11 is 0. The van der Waals surface area contributed by atoms with Crippen molar-refractivity contribution in [2.45, 2.75) is 19.8 Å². The molecule has 1 heterocycles. The summed E-state index contributed by atoms with van der Waals surface area (Å²) in [5.41, 5.74) is 2.96. The average Bonchev–Trinajstić information content (AvgIpc) is 2.64. The Hall–Kier alpha value is -2.95. The Balaban J connectivity index is 1.58. The van der Waals surface area contributed by atoms with Crippen LogP contribution in [0.15, 0.2) is 60.8 Å². The van der Waals surface area contributed by atoms with E-state index in [0.717, 1.165) is 12.1 Å². The van der Waals surface area contributed by atoms with E-state index >= 15 is 0 Å². The van der Waals surface area contributed by atoms with Crippen molar-refractivity contribution in [3.05, 3.63) is 77.7 Å². The summed E-state index contributed by atoms with van der Waals surface area (Å²) in [7, 11) is 0. The van der Waals surface area contributed by atoms with Crippen molar-refractivity contribution in [3.63, 3.8) is 0 Å². The first-order valence-corrected chi connectivity index (χ1v) is 8.41. The summed E-state index contributed by atoms with van der Waals surface area (Å²) in [4.78, 5) is 8.64. The van der Waals surface area contributed by atoms with Crippen molar-refractivity contribution in [3.8, 4) is 0 Å². The van der Waals surface area contributed by atoms with E-state index in [-0.39, 0.29) is 5.82 Å². The van der Waals surface area contributed by atoms with Crippen LogP contribution in [0.3, 0.4) is 0 Å². The second-order valence-corrected chi connectivity index (χ2v) is 5.71. The number of rotatable bonds is 7. The molecule has 5 heteroatoms. The van der Waals surface area contributed by atoms with Crippen LogP contribution in [0.4, 0.5) is 21.8 Å². The van der Waals surface area contributed by atoms with Crippen LogP contribution in [-0.2, 0) is 12.8 Å². The maximum absolute atomic E-state index is 13.6. The molecule has 1 aromatic heterocycles. The monoisotopic (exact) mass is 336 g/mol. The third-order valence-electron chi connectivity index (χ3n) is 3.93. The van der Waals surface area contributed by atoms with Crippen molar-refractivity contribution in [2.75, 3.05) is 17.2 Å². The first-order valence-electron chi connectivity index (χ1n) is 8.41. The summed E-state index contributed by atoms with van der Waals surface area (Å²) in [5.74, 6) is 1.05. The smallest absolute Gasteiger partial charge is 0.224 e. The van der Waals surface area contributed by atoms with Crippen molar-refractivity contribution in [1.82, 2.24) is 9.97 Å². The number of nitrogens with one attached hydrogen (secondary N) is 2. The van der Waals surface area contributed by atoms with Gasteiger partial charge in [0.25, 0.3) is 0 Å². The van der Waals surface area contributed by atoms with Crippen LogP contribution in [0.1, 0.15) is 18.1 Å². The van der Waals surface area contributed by atoms with Gasteiger partial charge >= 0.3 is 0 Å². The minimum absolute atomic E-state index is 0.184. The first kappa shape index (κ1) is 16.9. The van der Waals surface area contributed by atoms with Gasteiger partial charge in [0.1, 0.15) is 11.6 Å². The van der Waals surface area contributed by atoms with E-state index in [2.05, 4.69) is 39.7 Å². The van der Waals surface area contributed by atoms with Crippen LogP contribution in [0.2, 0.25) is 0 Å². The molecule has 0 saturated carbocycles. The highest BCUT2D eigenvalue weighted by Gasteiger charge is 2.03. The molecule has 0 aliphatic rings. The lowest BCUT2D eigenvalue weighted by Gasteiger charge is -2.09. The van der Waals surface area contributed by atoms with E-state index in [0.29, 0.717) is 30.3 Å². The van der Waals surface area contributed by atoms with Crippen molar-refractivity contribution in [2.24, 2.45) is 0 Å². The quantitative estimate of drug-likeness (QED) is 0.663. The molecule has 3 aromatic rings.